The molecule has 146 valence electrons. The molecule has 1 heterocycles. The SMILES string of the molecule is COc1cc(N2CC(C(=O)N[C@@H](C)CN)CC2=O)cc(OC)c1OC.Cl. The Kier molecular flexibility index (Phi) is 7.98. The van der Waals surface area contributed by atoms with E-state index in [1.807, 2.05) is 6.92 Å². The van der Waals surface area contributed by atoms with E-state index in [1.54, 1.807) is 17.0 Å². The van der Waals surface area contributed by atoms with Gasteiger partial charge in [-0.1, -0.05) is 0 Å². The van der Waals surface area contributed by atoms with E-state index in [1.165, 1.54) is 21.3 Å². The van der Waals surface area contributed by atoms with Gasteiger partial charge < -0.3 is 30.2 Å². The van der Waals surface area contributed by atoms with Gasteiger partial charge in [0, 0.05) is 37.7 Å². The van der Waals surface area contributed by atoms with Crippen LogP contribution in [0.1, 0.15) is 13.3 Å². The first-order chi connectivity index (χ1) is 11.9. The van der Waals surface area contributed by atoms with Crippen molar-refractivity contribution in [3.8, 4) is 17.2 Å². The van der Waals surface area contributed by atoms with Gasteiger partial charge in [-0.15, -0.1) is 12.4 Å². The Morgan fingerprint density at radius 2 is 1.85 bits per heavy atom. The normalized spacial score (nSPS) is 17.3. The lowest BCUT2D eigenvalue weighted by molar-refractivity contribution is -0.126. The van der Waals surface area contributed by atoms with Crippen LogP contribution in [0.2, 0.25) is 0 Å². The predicted octanol–water partition coefficient (Wildman–Crippen LogP) is 0.950. The number of hydrogen-bond donors (Lipinski definition) is 2. The zero-order valence-electron chi connectivity index (χ0n) is 15.4. The highest BCUT2D eigenvalue weighted by Crippen LogP contribution is 2.42. The smallest absolute Gasteiger partial charge is 0.227 e. The molecule has 1 aliphatic heterocycles. The molecule has 0 saturated carbocycles. The second kappa shape index (κ2) is 9.49. The molecule has 1 aliphatic rings. The van der Waals surface area contributed by atoms with Gasteiger partial charge in [0.15, 0.2) is 11.5 Å². The molecule has 2 rings (SSSR count). The van der Waals surface area contributed by atoms with E-state index in [0.717, 1.165) is 0 Å². The number of halogens is 1. The Morgan fingerprint density at radius 3 is 2.31 bits per heavy atom. The molecular weight excluding hydrogens is 362 g/mol. The van der Waals surface area contributed by atoms with Crippen LogP contribution in [-0.4, -0.2) is 52.3 Å². The molecule has 1 aromatic rings. The third-order valence-electron chi connectivity index (χ3n) is 4.20. The van der Waals surface area contributed by atoms with Crippen LogP contribution in [0, 0.1) is 5.92 Å². The van der Waals surface area contributed by atoms with Gasteiger partial charge in [-0.25, -0.2) is 0 Å². The summed E-state index contributed by atoms with van der Waals surface area (Å²) in [6, 6.07) is 3.27. The molecule has 2 amide bonds. The van der Waals surface area contributed by atoms with Gasteiger partial charge in [-0.3, -0.25) is 9.59 Å². The Hall–Kier alpha value is -2.19. The van der Waals surface area contributed by atoms with Crippen LogP contribution in [0.5, 0.6) is 17.2 Å². The molecule has 1 aromatic carbocycles. The summed E-state index contributed by atoms with van der Waals surface area (Å²) in [5.41, 5.74) is 6.12. The lowest BCUT2D eigenvalue weighted by Gasteiger charge is -2.21. The summed E-state index contributed by atoms with van der Waals surface area (Å²) in [6.07, 6.45) is 0.153. The average Bonchev–Trinajstić information content (AvgIpc) is 3.01. The number of hydrogen-bond acceptors (Lipinski definition) is 6. The standard InChI is InChI=1S/C17H25N3O5.ClH/c1-10(8-18)19-17(22)11-5-15(21)20(9-11)12-6-13(23-2)16(25-4)14(7-12)24-3;/h6-7,10-11H,5,8-9,18H2,1-4H3,(H,19,22);1H/t10-,11?;/m0./s1. The van der Waals surface area contributed by atoms with E-state index < -0.39 is 5.92 Å². The van der Waals surface area contributed by atoms with Crippen molar-refractivity contribution in [1.82, 2.24) is 5.32 Å². The van der Waals surface area contributed by atoms with E-state index >= 15 is 0 Å². The van der Waals surface area contributed by atoms with Gasteiger partial charge in [0.1, 0.15) is 0 Å². The minimum atomic E-state index is -0.416. The number of nitrogens with zero attached hydrogens (tertiary/aromatic N) is 1. The summed E-state index contributed by atoms with van der Waals surface area (Å²) < 4.78 is 15.9. The van der Waals surface area contributed by atoms with E-state index in [9.17, 15) is 9.59 Å². The predicted molar refractivity (Wildman–Crippen MR) is 100 cm³/mol. The number of amides is 2. The molecule has 1 fully saturated rings. The van der Waals surface area contributed by atoms with Crippen molar-refractivity contribution < 1.29 is 23.8 Å². The quantitative estimate of drug-likeness (QED) is 0.722. The lowest BCUT2D eigenvalue weighted by Crippen LogP contribution is -2.41. The number of nitrogens with one attached hydrogen (secondary N) is 1. The van der Waals surface area contributed by atoms with Gasteiger partial charge in [0.25, 0.3) is 0 Å². The van der Waals surface area contributed by atoms with Crippen LogP contribution in [0.15, 0.2) is 12.1 Å². The van der Waals surface area contributed by atoms with Gasteiger partial charge in [0.2, 0.25) is 17.6 Å². The molecule has 0 bridgehead atoms. The molecule has 26 heavy (non-hydrogen) atoms. The minimum Gasteiger partial charge on any atom is -0.493 e. The highest BCUT2D eigenvalue weighted by molar-refractivity contribution is 6.00. The van der Waals surface area contributed by atoms with Crippen LogP contribution < -0.4 is 30.2 Å². The van der Waals surface area contributed by atoms with Gasteiger partial charge in [-0.05, 0) is 6.92 Å². The van der Waals surface area contributed by atoms with Gasteiger partial charge in [-0.2, -0.15) is 0 Å². The summed E-state index contributed by atoms with van der Waals surface area (Å²) >= 11 is 0. The van der Waals surface area contributed by atoms with Gasteiger partial charge >= 0.3 is 0 Å². The average molecular weight is 388 g/mol. The first-order valence-electron chi connectivity index (χ1n) is 8.05. The van der Waals surface area contributed by atoms with Crippen molar-refractivity contribution in [2.24, 2.45) is 11.7 Å². The molecule has 0 spiro atoms. The zero-order valence-corrected chi connectivity index (χ0v) is 16.2. The largest absolute Gasteiger partial charge is 0.493 e. The molecule has 0 aromatic heterocycles. The van der Waals surface area contributed by atoms with Crippen molar-refractivity contribution in [3.05, 3.63) is 12.1 Å². The molecule has 3 N–H and O–H groups in total. The molecule has 1 unspecified atom stereocenters. The number of carbonyl (C=O) groups is 2. The number of methoxy groups -OCH3 is 3. The summed E-state index contributed by atoms with van der Waals surface area (Å²) in [5, 5.41) is 2.82. The minimum absolute atomic E-state index is 0. The monoisotopic (exact) mass is 387 g/mol. The van der Waals surface area contributed by atoms with Crippen molar-refractivity contribution in [1.29, 1.82) is 0 Å². The summed E-state index contributed by atoms with van der Waals surface area (Å²) in [5.74, 6) is 0.645. The second-order valence-corrected chi connectivity index (χ2v) is 5.93. The van der Waals surface area contributed by atoms with E-state index in [2.05, 4.69) is 5.32 Å². The number of carbonyl (C=O) groups excluding carboxylic acids is 2. The van der Waals surface area contributed by atoms with Crippen molar-refractivity contribution >= 4 is 29.9 Å². The molecule has 9 heteroatoms. The summed E-state index contributed by atoms with van der Waals surface area (Å²) in [7, 11) is 4.54. The van der Waals surface area contributed by atoms with E-state index in [0.29, 0.717) is 36.0 Å². The highest BCUT2D eigenvalue weighted by Gasteiger charge is 2.36. The van der Waals surface area contributed by atoms with Crippen LogP contribution in [0.3, 0.4) is 0 Å². The fraction of sp³-hybridized carbons (Fsp3) is 0.529. The maximum atomic E-state index is 12.4. The Balaban J connectivity index is 0.00000338. The third kappa shape index (κ3) is 4.50. The van der Waals surface area contributed by atoms with Crippen molar-refractivity contribution in [2.75, 3.05) is 39.3 Å². The summed E-state index contributed by atoms with van der Waals surface area (Å²) in [4.78, 5) is 26.2. The zero-order chi connectivity index (χ0) is 18.6. The Labute approximate surface area is 159 Å². The highest BCUT2D eigenvalue weighted by atomic mass is 35.5. The molecule has 0 aliphatic carbocycles. The fourth-order valence-corrected chi connectivity index (χ4v) is 2.78. The number of anilines is 1. The molecule has 0 radical (unpaired) electrons. The van der Waals surface area contributed by atoms with Crippen molar-refractivity contribution in [3.63, 3.8) is 0 Å². The number of ether oxygens (including phenoxy) is 3. The van der Waals surface area contributed by atoms with Crippen LogP contribution >= 0.6 is 12.4 Å². The topological polar surface area (TPSA) is 103 Å². The van der Waals surface area contributed by atoms with Gasteiger partial charge in [0.05, 0.1) is 32.9 Å². The maximum Gasteiger partial charge on any atom is 0.227 e. The summed E-state index contributed by atoms with van der Waals surface area (Å²) in [6.45, 7) is 2.47. The maximum absolute atomic E-state index is 12.4. The fourth-order valence-electron chi connectivity index (χ4n) is 2.78. The van der Waals surface area contributed by atoms with Crippen LogP contribution in [0.4, 0.5) is 5.69 Å². The second-order valence-electron chi connectivity index (χ2n) is 5.93. The lowest BCUT2D eigenvalue weighted by atomic mass is 10.1. The van der Waals surface area contributed by atoms with Crippen LogP contribution in [0.25, 0.3) is 0 Å². The number of benzene rings is 1. The number of rotatable bonds is 7. The molecule has 2 atom stereocenters. The Morgan fingerprint density at radius 1 is 1.27 bits per heavy atom. The van der Waals surface area contributed by atoms with E-state index in [4.69, 9.17) is 19.9 Å². The first-order valence-corrected chi connectivity index (χ1v) is 8.05. The molecular formula is C17H26ClN3O5. The van der Waals surface area contributed by atoms with Crippen LogP contribution in [-0.2, 0) is 9.59 Å². The van der Waals surface area contributed by atoms with E-state index in [-0.39, 0.29) is 36.7 Å². The molecule has 1 saturated heterocycles. The third-order valence-corrected chi connectivity index (χ3v) is 4.20. The Bertz CT molecular complexity index is 630. The number of nitrogens with two attached hydrogens (primary N) is 1. The first kappa shape index (κ1) is 21.9. The van der Waals surface area contributed by atoms with Crippen molar-refractivity contribution in [2.45, 2.75) is 19.4 Å². The molecule has 8 nitrogen and oxygen atoms in total.